The van der Waals surface area contributed by atoms with Crippen LogP contribution in [0.25, 0.3) is 122 Å². The molecule has 3 aliphatic rings. The van der Waals surface area contributed by atoms with Gasteiger partial charge in [-0.15, -0.1) is 0 Å². The molecule has 0 saturated heterocycles. The molecule has 0 fully saturated rings. The molecule has 3 nitrogen and oxygen atoms in total. The summed E-state index contributed by atoms with van der Waals surface area (Å²) >= 11 is 0. The predicted octanol–water partition coefficient (Wildman–Crippen LogP) is 28.6. The smallest absolute Gasteiger partial charge is 0.252 e. The van der Waals surface area contributed by atoms with Crippen LogP contribution >= 0.6 is 0 Å². The van der Waals surface area contributed by atoms with E-state index in [2.05, 4.69) is 477 Å². The van der Waals surface area contributed by atoms with Crippen molar-refractivity contribution >= 4 is 57.2 Å². The third kappa shape index (κ3) is 12.3. The molecule has 19 aromatic carbocycles. The number of hydrogen-bond acceptors (Lipinski definition) is 3. The number of anilines is 6. The quantitative estimate of drug-likeness (QED) is 0.0952. The lowest BCUT2D eigenvalue weighted by Crippen LogP contribution is -2.61. The van der Waals surface area contributed by atoms with E-state index in [1.54, 1.807) is 0 Å². The van der Waals surface area contributed by atoms with Gasteiger partial charge in [-0.05, 0) is 194 Å². The number of benzene rings is 19. The molecule has 0 unspecified atom stereocenters. The lowest BCUT2D eigenvalue weighted by molar-refractivity contribution is 0.434. The summed E-state index contributed by atoms with van der Waals surface area (Å²) in [7, 11) is 0. The van der Waals surface area contributed by atoms with Gasteiger partial charge in [-0.1, -0.05) is 400 Å². The van der Waals surface area contributed by atoms with Crippen molar-refractivity contribution in [3.8, 4) is 134 Å². The topological polar surface area (TPSA) is 15.7 Å². The molecule has 556 valence electrons. The van der Waals surface area contributed by atoms with Gasteiger partial charge in [0.05, 0.1) is 16.8 Å². The minimum atomic E-state index is -0.814. The Hall–Kier alpha value is -15.4. The van der Waals surface area contributed by atoms with Crippen LogP contribution in [0.1, 0.15) is 22.3 Å². The van der Waals surface area contributed by atoms with Crippen LogP contribution in [-0.2, 0) is 5.41 Å². The molecular formula is C115H77BN2O. The van der Waals surface area contributed by atoms with E-state index in [0.717, 1.165) is 190 Å². The molecule has 22 rings (SSSR count). The number of rotatable bonds is 15. The summed E-state index contributed by atoms with van der Waals surface area (Å²) < 4.78 is 7.29. The van der Waals surface area contributed by atoms with Crippen molar-refractivity contribution in [1.29, 1.82) is 0 Å². The maximum Gasteiger partial charge on any atom is 0.252 e. The molecule has 0 spiro atoms. The molecule has 3 aliphatic heterocycles. The van der Waals surface area contributed by atoms with Gasteiger partial charge in [0.25, 0.3) is 6.71 Å². The first-order valence-corrected chi connectivity index (χ1v) is 41.1. The highest BCUT2D eigenvalue weighted by atomic mass is 16.5. The zero-order valence-corrected chi connectivity index (χ0v) is 65.3. The molecule has 0 amide bonds. The molecule has 119 heavy (non-hydrogen) atoms. The van der Waals surface area contributed by atoms with E-state index >= 15 is 0 Å². The van der Waals surface area contributed by atoms with Gasteiger partial charge in [0.1, 0.15) is 11.5 Å². The Balaban J connectivity index is 0.909. The SMILES string of the molecule is c1ccc(-c2cccc(-c3cccc(-c4cccc(-c5ccccc5)c4)c3N3c4ccc(-c5ccccc5)cc4B4c5cc(-c6ccccc6)ccc5N(c5c(-c6cccc(-c7ccccc7)c6)cccc5-c5cccc(-c6ccccc6)c5)c5cc(-c6ccc7c(c6)C(c6ccccc6)(c6ccccc6)c6ccccc6O7)cc3c54)c2)cc1. The molecule has 0 N–H and O–H groups in total. The zero-order chi connectivity index (χ0) is 78.7. The van der Waals surface area contributed by atoms with E-state index in [4.69, 9.17) is 4.74 Å². The predicted molar refractivity (Wildman–Crippen MR) is 499 cm³/mol. The van der Waals surface area contributed by atoms with Gasteiger partial charge in [0.15, 0.2) is 0 Å². The highest BCUT2D eigenvalue weighted by molar-refractivity contribution is 7.00. The summed E-state index contributed by atoms with van der Waals surface area (Å²) in [5.41, 5.74) is 38.1. The Labute approximate surface area is 695 Å². The van der Waals surface area contributed by atoms with Crippen LogP contribution in [0.15, 0.2) is 467 Å². The van der Waals surface area contributed by atoms with Gasteiger partial charge in [0.2, 0.25) is 0 Å². The summed E-state index contributed by atoms with van der Waals surface area (Å²) in [6.45, 7) is -0.340. The largest absolute Gasteiger partial charge is 0.457 e. The summed E-state index contributed by atoms with van der Waals surface area (Å²) in [6, 6.07) is 174. The van der Waals surface area contributed by atoms with Crippen LogP contribution in [0.4, 0.5) is 34.1 Å². The molecule has 0 aromatic heterocycles. The van der Waals surface area contributed by atoms with Crippen molar-refractivity contribution in [1.82, 2.24) is 0 Å². The van der Waals surface area contributed by atoms with Crippen molar-refractivity contribution < 1.29 is 4.74 Å². The van der Waals surface area contributed by atoms with E-state index in [1.807, 2.05) is 0 Å². The molecular weight excluding hydrogens is 1440 g/mol. The van der Waals surface area contributed by atoms with Gasteiger partial charge in [-0.3, -0.25) is 0 Å². The fourth-order valence-electron chi connectivity index (χ4n) is 19.1. The molecule has 4 heteroatoms. The summed E-state index contributed by atoms with van der Waals surface area (Å²) in [5.74, 6) is 1.63. The molecule has 0 atom stereocenters. The van der Waals surface area contributed by atoms with Crippen molar-refractivity contribution in [2.24, 2.45) is 0 Å². The van der Waals surface area contributed by atoms with Crippen molar-refractivity contribution in [3.63, 3.8) is 0 Å². The first-order valence-electron chi connectivity index (χ1n) is 41.1. The standard InChI is InChI=1S/C115H77BN2O/c1-9-33-78(34-10-1)84-45-27-49-91(69-84)98-57-31-58-99(92-50-28-46-85(70-92)79-35-11-2-12-36-79)113(98)117-106-66-63-89(82-41-17-5-18-42-82)74-104(106)116-105-75-90(83-43-19-6-20-44-83)64-67-107(105)118(114-100(93-51-29-47-86(71-93)80-37-13-3-14-38-80)59-32-60-101(114)94-52-30-48-87(72-94)81-39-15-4-16-40-81)109-77-95(76-108(117)112(109)116)88-65-68-111-103(73-88)115(96-53-21-7-22-54-96,97-55-23-8-24-56-97)102-61-25-26-62-110(102)119-111/h1-77H. The van der Waals surface area contributed by atoms with Crippen LogP contribution < -0.4 is 30.9 Å². The fourth-order valence-corrected chi connectivity index (χ4v) is 19.1. The average Bonchev–Trinajstić information content (AvgIpc) is 0.689. The number of nitrogens with zero attached hydrogens (tertiary/aromatic N) is 2. The number of hydrogen-bond donors (Lipinski definition) is 0. The van der Waals surface area contributed by atoms with Crippen molar-refractivity contribution in [3.05, 3.63) is 489 Å². The first kappa shape index (κ1) is 70.3. The second kappa shape index (κ2) is 29.8. The maximum absolute atomic E-state index is 7.29. The second-order valence-corrected chi connectivity index (χ2v) is 31.3. The molecule has 0 bridgehead atoms. The summed E-state index contributed by atoms with van der Waals surface area (Å²) in [5, 5.41) is 0. The van der Waals surface area contributed by atoms with Gasteiger partial charge >= 0.3 is 0 Å². The van der Waals surface area contributed by atoms with Crippen LogP contribution in [0.2, 0.25) is 0 Å². The Bertz CT molecular complexity index is 6490. The fraction of sp³-hybridized carbons (Fsp3) is 0.00870. The van der Waals surface area contributed by atoms with E-state index in [9.17, 15) is 0 Å². The normalized spacial score (nSPS) is 12.6. The number of ether oxygens (including phenoxy) is 1. The van der Waals surface area contributed by atoms with Crippen LogP contribution in [-0.4, -0.2) is 6.71 Å². The monoisotopic (exact) mass is 1510 g/mol. The Morgan fingerprint density at radius 1 is 0.185 bits per heavy atom. The third-order valence-corrected chi connectivity index (χ3v) is 24.6. The molecule has 3 heterocycles. The Morgan fingerprint density at radius 2 is 0.462 bits per heavy atom. The van der Waals surface area contributed by atoms with Crippen molar-refractivity contribution in [2.45, 2.75) is 5.41 Å². The molecule has 19 aromatic rings. The third-order valence-electron chi connectivity index (χ3n) is 24.6. The average molecular weight is 1510 g/mol. The van der Waals surface area contributed by atoms with E-state index in [-0.39, 0.29) is 6.71 Å². The first-order chi connectivity index (χ1) is 59.0. The summed E-state index contributed by atoms with van der Waals surface area (Å²) in [6.07, 6.45) is 0. The highest BCUT2D eigenvalue weighted by Crippen LogP contribution is 2.59. The highest BCUT2D eigenvalue weighted by Gasteiger charge is 2.48. The Morgan fingerprint density at radius 3 is 0.824 bits per heavy atom. The minimum absolute atomic E-state index is 0.340. The van der Waals surface area contributed by atoms with Gasteiger partial charge in [-0.25, -0.2) is 0 Å². The number of para-hydroxylation sites is 3. The lowest BCUT2D eigenvalue weighted by Gasteiger charge is -2.46. The minimum Gasteiger partial charge on any atom is -0.457 e. The van der Waals surface area contributed by atoms with Gasteiger partial charge in [-0.2, -0.15) is 0 Å². The zero-order valence-electron chi connectivity index (χ0n) is 65.3. The van der Waals surface area contributed by atoms with Crippen molar-refractivity contribution in [2.75, 3.05) is 9.80 Å². The lowest BCUT2D eigenvalue weighted by atomic mass is 9.33. The van der Waals surface area contributed by atoms with Gasteiger partial charge < -0.3 is 14.5 Å². The van der Waals surface area contributed by atoms with E-state index < -0.39 is 5.41 Å². The Kier molecular flexibility index (Phi) is 17.6. The molecule has 0 radical (unpaired) electrons. The van der Waals surface area contributed by atoms with Crippen LogP contribution in [0.5, 0.6) is 11.5 Å². The number of fused-ring (bicyclic) bond motifs is 6. The van der Waals surface area contributed by atoms with E-state index in [0.29, 0.717) is 0 Å². The van der Waals surface area contributed by atoms with Gasteiger partial charge in [0, 0.05) is 56.1 Å². The van der Waals surface area contributed by atoms with Crippen LogP contribution in [0, 0.1) is 0 Å². The van der Waals surface area contributed by atoms with Crippen LogP contribution in [0.3, 0.4) is 0 Å². The second-order valence-electron chi connectivity index (χ2n) is 31.3. The summed E-state index contributed by atoms with van der Waals surface area (Å²) in [4.78, 5) is 5.38. The maximum atomic E-state index is 7.29. The molecule has 0 aliphatic carbocycles. The molecule has 0 saturated carbocycles. The van der Waals surface area contributed by atoms with E-state index in [1.165, 1.54) is 16.4 Å².